The first kappa shape index (κ1) is 14.6. The summed E-state index contributed by atoms with van der Waals surface area (Å²) in [6, 6.07) is 18.7. The van der Waals surface area contributed by atoms with Crippen molar-refractivity contribution in [3.63, 3.8) is 0 Å². The third-order valence-corrected chi connectivity index (χ3v) is 4.80. The van der Waals surface area contributed by atoms with Crippen LogP contribution in [0.4, 0.5) is 5.69 Å². The molecule has 0 aliphatic heterocycles. The second-order valence-corrected chi connectivity index (χ2v) is 6.75. The number of nitrogens with one attached hydrogen (secondary N) is 1. The van der Waals surface area contributed by atoms with Gasteiger partial charge in [-0.3, -0.25) is 4.79 Å². The Bertz CT molecular complexity index is 609. The number of ketones is 1. The second kappa shape index (κ2) is 6.60. The van der Waals surface area contributed by atoms with Crippen LogP contribution in [0.3, 0.4) is 0 Å². The minimum absolute atomic E-state index is 0.0706. The molecule has 1 aliphatic carbocycles. The van der Waals surface area contributed by atoms with Crippen LogP contribution in [0, 0.1) is 9.49 Å². The fourth-order valence-electron chi connectivity index (χ4n) is 3.00. The molecule has 0 unspecified atom stereocenters. The Morgan fingerprint density at radius 1 is 1.05 bits per heavy atom. The molecule has 0 bridgehead atoms. The van der Waals surface area contributed by atoms with E-state index in [1.54, 1.807) is 0 Å². The van der Waals surface area contributed by atoms with Crippen LogP contribution in [0.2, 0.25) is 0 Å². The maximum Gasteiger partial charge on any atom is 0.138 e. The molecular weight excluding hydrogens is 373 g/mol. The number of carbonyl (C=O) groups excluding carboxylic acids is 1. The first-order valence-electron chi connectivity index (χ1n) is 7.34. The molecule has 0 saturated heterocycles. The van der Waals surface area contributed by atoms with E-state index in [1.807, 2.05) is 18.2 Å². The van der Waals surface area contributed by atoms with Crippen LogP contribution < -0.4 is 5.32 Å². The van der Waals surface area contributed by atoms with E-state index in [0.717, 1.165) is 24.9 Å². The van der Waals surface area contributed by atoms with Crippen molar-refractivity contribution in [3.8, 4) is 0 Å². The van der Waals surface area contributed by atoms with E-state index in [9.17, 15) is 4.79 Å². The molecule has 0 amide bonds. The molecule has 3 rings (SSSR count). The molecular formula is C18H18INO. The molecule has 2 nitrogen and oxygen atoms in total. The van der Waals surface area contributed by atoms with Crippen molar-refractivity contribution in [3.05, 3.63) is 63.7 Å². The van der Waals surface area contributed by atoms with E-state index >= 15 is 0 Å². The molecule has 0 spiro atoms. The molecule has 2 aromatic carbocycles. The number of anilines is 1. The van der Waals surface area contributed by atoms with Crippen molar-refractivity contribution in [2.24, 2.45) is 5.92 Å². The Morgan fingerprint density at radius 3 is 2.38 bits per heavy atom. The highest BCUT2D eigenvalue weighted by molar-refractivity contribution is 14.1. The summed E-state index contributed by atoms with van der Waals surface area (Å²) < 4.78 is 1.21. The predicted octanol–water partition coefficient (Wildman–Crippen LogP) is 4.81. The van der Waals surface area contributed by atoms with Crippen LogP contribution in [-0.2, 0) is 4.79 Å². The van der Waals surface area contributed by atoms with Crippen LogP contribution in [0.1, 0.15) is 30.9 Å². The Kier molecular flexibility index (Phi) is 4.58. The molecule has 1 fully saturated rings. The summed E-state index contributed by atoms with van der Waals surface area (Å²) in [6.07, 6.45) is 2.72. The van der Waals surface area contributed by atoms with E-state index in [0.29, 0.717) is 5.78 Å². The molecule has 0 radical (unpaired) electrons. The predicted molar refractivity (Wildman–Crippen MR) is 94.3 cm³/mol. The summed E-state index contributed by atoms with van der Waals surface area (Å²) in [5.74, 6) is 0.480. The van der Waals surface area contributed by atoms with Crippen molar-refractivity contribution in [2.75, 3.05) is 5.32 Å². The van der Waals surface area contributed by atoms with Crippen LogP contribution in [0.5, 0.6) is 0 Å². The summed E-state index contributed by atoms with van der Waals surface area (Å²) in [7, 11) is 0. The highest BCUT2D eigenvalue weighted by Crippen LogP contribution is 2.35. The maximum absolute atomic E-state index is 12.2. The van der Waals surface area contributed by atoms with Gasteiger partial charge in [-0.1, -0.05) is 30.3 Å². The van der Waals surface area contributed by atoms with Crippen LogP contribution in [-0.4, -0.2) is 5.78 Å². The van der Waals surface area contributed by atoms with Crippen LogP contribution in [0.15, 0.2) is 54.6 Å². The normalized spacial score (nSPS) is 19.5. The lowest BCUT2D eigenvalue weighted by molar-refractivity contribution is -0.121. The number of carbonyl (C=O) groups is 1. The quantitative estimate of drug-likeness (QED) is 0.758. The fourth-order valence-corrected chi connectivity index (χ4v) is 3.36. The van der Waals surface area contributed by atoms with Gasteiger partial charge in [0, 0.05) is 21.6 Å². The Hall–Kier alpha value is -1.36. The second-order valence-electron chi connectivity index (χ2n) is 5.50. The summed E-state index contributed by atoms with van der Waals surface area (Å²) in [5, 5.41) is 3.57. The Labute approximate surface area is 139 Å². The van der Waals surface area contributed by atoms with Crippen LogP contribution >= 0.6 is 22.6 Å². The van der Waals surface area contributed by atoms with Gasteiger partial charge in [0.05, 0.1) is 6.04 Å². The third kappa shape index (κ3) is 3.46. The van der Waals surface area contributed by atoms with E-state index < -0.39 is 0 Å². The van der Waals surface area contributed by atoms with Crippen molar-refractivity contribution >= 4 is 34.1 Å². The number of Topliss-reactive ketones (excluding diaryl/α,β-unsaturated/α-hetero) is 1. The lowest BCUT2D eigenvalue weighted by atomic mass is 9.90. The van der Waals surface area contributed by atoms with Gasteiger partial charge in [0.2, 0.25) is 0 Å². The van der Waals surface area contributed by atoms with E-state index in [2.05, 4.69) is 64.3 Å². The smallest absolute Gasteiger partial charge is 0.138 e. The number of hydrogen-bond donors (Lipinski definition) is 1. The van der Waals surface area contributed by atoms with Gasteiger partial charge in [-0.25, -0.2) is 0 Å². The van der Waals surface area contributed by atoms with Gasteiger partial charge in [-0.15, -0.1) is 0 Å². The highest BCUT2D eigenvalue weighted by atomic mass is 127. The summed E-state index contributed by atoms with van der Waals surface area (Å²) in [5.41, 5.74) is 2.26. The highest BCUT2D eigenvalue weighted by Gasteiger charge is 2.32. The van der Waals surface area contributed by atoms with Gasteiger partial charge in [-0.2, -0.15) is 0 Å². The molecule has 0 aromatic heterocycles. The molecule has 1 saturated carbocycles. The molecule has 1 N–H and O–H groups in total. The van der Waals surface area contributed by atoms with Gasteiger partial charge in [0.25, 0.3) is 0 Å². The zero-order chi connectivity index (χ0) is 14.7. The number of benzene rings is 2. The fraction of sp³-hybridized carbons (Fsp3) is 0.278. The minimum atomic E-state index is 0.0706. The third-order valence-electron chi connectivity index (χ3n) is 4.08. The average Bonchev–Trinajstić information content (AvgIpc) is 2.93. The first-order valence-corrected chi connectivity index (χ1v) is 8.42. The zero-order valence-electron chi connectivity index (χ0n) is 11.8. The van der Waals surface area contributed by atoms with Crippen molar-refractivity contribution in [1.82, 2.24) is 0 Å². The summed E-state index contributed by atoms with van der Waals surface area (Å²) in [6.45, 7) is 0. The molecule has 1 aliphatic rings. The molecule has 0 heterocycles. The standard InChI is InChI=1S/C18H18INO/c19-14-9-11-15(12-10-14)20-18(13-5-2-1-3-6-13)16-7-4-8-17(16)21/h1-3,5-6,9-12,16,18,20H,4,7-8H2/t16-,18+/m0/s1. The zero-order valence-corrected chi connectivity index (χ0v) is 13.9. The van der Waals surface area contributed by atoms with E-state index in [-0.39, 0.29) is 12.0 Å². The van der Waals surface area contributed by atoms with Gasteiger partial charge < -0.3 is 5.32 Å². The molecule has 2 atom stereocenters. The van der Waals surface area contributed by atoms with Gasteiger partial charge in [-0.05, 0) is 65.3 Å². The topological polar surface area (TPSA) is 29.1 Å². The number of hydrogen-bond acceptors (Lipinski definition) is 2. The van der Waals surface area contributed by atoms with Crippen LogP contribution in [0.25, 0.3) is 0 Å². The van der Waals surface area contributed by atoms with Gasteiger partial charge >= 0.3 is 0 Å². The summed E-state index contributed by atoms with van der Waals surface area (Å²) in [4.78, 5) is 12.2. The summed E-state index contributed by atoms with van der Waals surface area (Å²) >= 11 is 2.30. The molecule has 21 heavy (non-hydrogen) atoms. The average molecular weight is 391 g/mol. The maximum atomic E-state index is 12.2. The van der Waals surface area contributed by atoms with E-state index in [4.69, 9.17) is 0 Å². The van der Waals surface area contributed by atoms with E-state index in [1.165, 1.54) is 9.13 Å². The minimum Gasteiger partial charge on any atom is -0.378 e. The lowest BCUT2D eigenvalue weighted by Gasteiger charge is -2.25. The Balaban J connectivity index is 1.88. The van der Waals surface area contributed by atoms with Crippen molar-refractivity contribution in [2.45, 2.75) is 25.3 Å². The Morgan fingerprint density at radius 2 is 1.76 bits per heavy atom. The van der Waals surface area contributed by atoms with Crippen molar-refractivity contribution in [1.29, 1.82) is 0 Å². The van der Waals surface area contributed by atoms with Gasteiger partial charge in [0.15, 0.2) is 0 Å². The first-order chi connectivity index (χ1) is 10.2. The SMILES string of the molecule is O=C1CCC[C@@H]1[C@H](Nc1ccc(I)cc1)c1ccccc1. The van der Waals surface area contributed by atoms with Gasteiger partial charge in [0.1, 0.15) is 5.78 Å². The largest absolute Gasteiger partial charge is 0.378 e. The lowest BCUT2D eigenvalue weighted by Crippen LogP contribution is -2.24. The number of halogens is 1. The molecule has 3 heteroatoms. The van der Waals surface area contributed by atoms with Crippen molar-refractivity contribution < 1.29 is 4.79 Å². The molecule has 108 valence electrons. The monoisotopic (exact) mass is 391 g/mol. The number of rotatable bonds is 4. The molecule has 2 aromatic rings.